The van der Waals surface area contributed by atoms with Gasteiger partial charge in [-0.25, -0.2) is 4.98 Å². The van der Waals surface area contributed by atoms with E-state index in [-0.39, 0.29) is 29.4 Å². The molecule has 0 spiro atoms. The van der Waals surface area contributed by atoms with Gasteiger partial charge in [-0.2, -0.15) is 0 Å². The van der Waals surface area contributed by atoms with E-state index in [0.717, 1.165) is 24.6 Å². The van der Waals surface area contributed by atoms with Gasteiger partial charge >= 0.3 is 0 Å². The predicted octanol–water partition coefficient (Wildman–Crippen LogP) is 4.11. The van der Waals surface area contributed by atoms with Crippen LogP contribution in [0.25, 0.3) is 0 Å². The van der Waals surface area contributed by atoms with E-state index in [1.165, 1.54) is 29.8 Å². The second-order valence-corrected chi connectivity index (χ2v) is 7.31. The van der Waals surface area contributed by atoms with Crippen LogP contribution in [0.3, 0.4) is 0 Å². The number of hydrogen-bond acceptors (Lipinski definition) is 3. The fourth-order valence-corrected chi connectivity index (χ4v) is 3.95. The molecule has 3 rings (SSSR count). The summed E-state index contributed by atoms with van der Waals surface area (Å²) in [4.78, 5) is 8.95. The van der Waals surface area contributed by atoms with E-state index in [0.29, 0.717) is 6.54 Å². The molecular formula is C19H27IN4S. The van der Waals surface area contributed by atoms with Gasteiger partial charge in [-0.15, -0.1) is 35.3 Å². The Balaban J connectivity index is 0.00000225. The van der Waals surface area contributed by atoms with Crippen LogP contribution in [0.15, 0.2) is 40.7 Å². The summed E-state index contributed by atoms with van der Waals surface area (Å²) in [6.45, 7) is 3.78. The smallest absolute Gasteiger partial charge is 0.191 e. The van der Waals surface area contributed by atoms with E-state index in [1.807, 2.05) is 7.05 Å². The van der Waals surface area contributed by atoms with Gasteiger partial charge in [0.1, 0.15) is 0 Å². The molecule has 0 aliphatic heterocycles. The van der Waals surface area contributed by atoms with Crippen molar-refractivity contribution in [3.63, 3.8) is 0 Å². The first-order valence-electron chi connectivity index (χ1n) is 8.69. The van der Waals surface area contributed by atoms with Gasteiger partial charge in [-0.05, 0) is 24.8 Å². The van der Waals surface area contributed by atoms with Crippen LogP contribution in [-0.2, 0) is 18.4 Å². The summed E-state index contributed by atoms with van der Waals surface area (Å²) in [5, 5.41) is 10.2. The van der Waals surface area contributed by atoms with E-state index >= 15 is 0 Å². The summed E-state index contributed by atoms with van der Waals surface area (Å²) in [6.07, 6.45) is 4.79. The number of thiazole rings is 1. The van der Waals surface area contributed by atoms with Gasteiger partial charge in [-0.3, -0.25) is 4.99 Å². The number of guanidine groups is 1. The first-order chi connectivity index (χ1) is 11.8. The standard InChI is InChI=1S/C19H26N4S.HI/c1-3-17-23-16(13-24-17)12-21-18(20-2)22-14-19(10-7-11-19)15-8-5-4-6-9-15;/h4-6,8-9,13H,3,7,10-12,14H2,1-2H3,(H2,20,21,22);1H. The highest BCUT2D eigenvalue weighted by molar-refractivity contribution is 14.0. The Kier molecular flexibility index (Phi) is 7.68. The number of aryl methyl sites for hydroxylation is 1. The van der Waals surface area contributed by atoms with Crippen molar-refractivity contribution < 1.29 is 0 Å². The molecule has 0 atom stereocenters. The molecule has 2 N–H and O–H groups in total. The summed E-state index contributed by atoms with van der Waals surface area (Å²) in [6, 6.07) is 10.9. The Labute approximate surface area is 171 Å². The number of aromatic nitrogens is 1. The highest BCUT2D eigenvalue weighted by Gasteiger charge is 2.38. The fraction of sp³-hybridized carbons (Fsp3) is 0.474. The molecule has 6 heteroatoms. The molecule has 1 aliphatic carbocycles. The Morgan fingerprint density at radius 2 is 2.00 bits per heavy atom. The van der Waals surface area contributed by atoms with Crippen molar-refractivity contribution in [1.82, 2.24) is 15.6 Å². The van der Waals surface area contributed by atoms with Crippen LogP contribution in [0.4, 0.5) is 0 Å². The van der Waals surface area contributed by atoms with E-state index in [9.17, 15) is 0 Å². The summed E-state index contributed by atoms with van der Waals surface area (Å²) in [7, 11) is 1.82. The van der Waals surface area contributed by atoms with Crippen molar-refractivity contribution in [1.29, 1.82) is 0 Å². The molecule has 1 aromatic carbocycles. The van der Waals surface area contributed by atoms with Crippen LogP contribution < -0.4 is 10.6 Å². The van der Waals surface area contributed by atoms with Crippen LogP contribution in [0.2, 0.25) is 0 Å². The minimum absolute atomic E-state index is 0. The van der Waals surface area contributed by atoms with Crippen LogP contribution in [0, 0.1) is 0 Å². The van der Waals surface area contributed by atoms with Crippen molar-refractivity contribution >= 4 is 41.3 Å². The van der Waals surface area contributed by atoms with Gasteiger partial charge in [0.25, 0.3) is 0 Å². The Morgan fingerprint density at radius 1 is 1.24 bits per heavy atom. The maximum absolute atomic E-state index is 4.59. The first kappa shape index (κ1) is 20.2. The molecule has 1 aromatic heterocycles. The number of rotatable bonds is 6. The molecule has 0 amide bonds. The van der Waals surface area contributed by atoms with E-state index in [2.05, 4.69) is 63.2 Å². The van der Waals surface area contributed by atoms with Gasteiger partial charge in [0.05, 0.1) is 17.2 Å². The lowest BCUT2D eigenvalue weighted by molar-refractivity contribution is 0.244. The lowest BCUT2D eigenvalue weighted by Gasteiger charge is -2.43. The number of benzene rings is 1. The normalized spacial score (nSPS) is 15.8. The molecule has 1 fully saturated rings. The average Bonchev–Trinajstić information content (AvgIpc) is 3.05. The summed E-state index contributed by atoms with van der Waals surface area (Å²) >= 11 is 1.73. The topological polar surface area (TPSA) is 49.3 Å². The maximum atomic E-state index is 4.59. The number of nitrogens with zero attached hydrogens (tertiary/aromatic N) is 2. The highest BCUT2D eigenvalue weighted by Crippen LogP contribution is 2.43. The SMILES string of the molecule is CCc1nc(CNC(=NC)NCC2(c3ccccc3)CCC2)cs1.I. The summed E-state index contributed by atoms with van der Waals surface area (Å²) in [5.74, 6) is 0.850. The van der Waals surface area contributed by atoms with Gasteiger partial charge < -0.3 is 10.6 Å². The average molecular weight is 470 g/mol. The van der Waals surface area contributed by atoms with Gasteiger partial charge in [0, 0.05) is 24.4 Å². The molecule has 1 aliphatic rings. The molecule has 0 radical (unpaired) electrons. The molecular weight excluding hydrogens is 443 g/mol. The number of halogens is 1. The Hall–Kier alpha value is -1.15. The van der Waals surface area contributed by atoms with Crippen molar-refractivity contribution in [2.75, 3.05) is 13.6 Å². The Bertz CT molecular complexity index is 680. The predicted molar refractivity (Wildman–Crippen MR) is 117 cm³/mol. The first-order valence-corrected chi connectivity index (χ1v) is 9.57. The Morgan fingerprint density at radius 3 is 2.56 bits per heavy atom. The second-order valence-electron chi connectivity index (χ2n) is 6.37. The molecule has 4 nitrogen and oxygen atoms in total. The zero-order valence-electron chi connectivity index (χ0n) is 14.9. The summed E-state index contributed by atoms with van der Waals surface area (Å²) < 4.78 is 0. The largest absolute Gasteiger partial charge is 0.356 e. The molecule has 0 bridgehead atoms. The number of nitrogens with one attached hydrogen (secondary N) is 2. The highest BCUT2D eigenvalue weighted by atomic mass is 127. The lowest BCUT2D eigenvalue weighted by atomic mass is 9.64. The van der Waals surface area contributed by atoms with Crippen LogP contribution in [0.5, 0.6) is 0 Å². The van der Waals surface area contributed by atoms with E-state index in [1.54, 1.807) is 11.3 Å². The van der Waals surface area contributed by atoms with Crippen LogP contribution >= 0.6 is 35.3 Å². The van der Waals surface area contributed by atoms with Crippen LogP contribution in [0.1, 0.15) is 42.5 Å². The molecule has 0 unspecified atom stereocenters. The lowest BCUT2D eigenvalue weighted by Crippen LogP contribution is -2.48. The molecule has 136 valence electrons. The monoisotopic (exact) mass is 470 g/mol. The third-order valence-corrected chi connectivity index (χ3v) is 5.90. The quantitative estimate of drug-likeness (QED) is 0.380. The van der Waals surface area contributed by atoms with Crippen molar-refractivity contribution in [3.05, 3.63) is 52.0 Å². The van der Waals surface area contributed by atoms with Gasteiger partial charge in [0.15, 0.2) is 5.96 Å². The minimum atomic E-state index is 0. The zero-order valence-corrected chi connectivity index (χ0v) is 18.1. The summed E-state index contributed by atoms with van der Waals surface area (Å²) in [5.41, 5.74) is 2.78. The third kappa shape index (κ3) is 4.94. The van der Waals surface area contributed by atoms with Crippen molar-refractivity contribution in [2.45, 2.75) is 44.6 Å². The number of hydrogen-bond donors (Lipinski definition) is 2. The van der Waals surface area contributed by atoms with E-state index < -0.39 is 0 Å². The van der Waals surface area contributed by atoms with E-state index in [4.69, 9.17) is 0 Å². The molecule has 2 aromatic rings. The van der Waals surface area contributed by atoms with Crippen molar-refractivity contribution in [3.8, 4) is 0 Å². The molecule has 25 heavy (non-hydrogen) atoms. The molecule has 0 saturated heterocycles. The number of aliphatic imine (C=N–C) groups is 1. The van der Waals surface area contributed by atoms with Crippen molar-refractivity contribution in [2.24, 2.45) is 4.99 Å². The fourth-order valence-electron chi connectivity index (χ4n) is 3.20. The van der Waals surface area contributed by atoms with Gasteiger partial charge in [-0.1, -0.05) is 43.7 Å². The third-order valence-electron chi connectivity index (χ3n) is 4.85. The van der Waals surface area contributed by atoms with Gasteiger partial charge in [0.2, 0.25) is 0 Å². The molecule has 1 saturated carbocycles. The minimum Gasteiger partial charge on any atom is -0.356 e. The maximum Gasteiger partial charge on any atom is 0.191 e. The van der Waals surface area contributed by atoms with Crippen LogP contribution in [-0.4, -0.2) is 24.5 Å². The zero-order chi connectivity index (χ0) is 16.8. The second kappa shape index (κ2) is 9.52. The molecule has 1 heterocycles.